The lowest BCUT2D eigenvalue weighted by Crippen LogP contribution is -2.56. The number of hydrogen-bond acceptors (Lipinski definition) is 6. The van der Waals surface area contributed by atoms with E-state index in [0.717, 1.165) is 30.6 Å². The van der Waals surface area contributed by atoms with Gasteiger partial charge in [0.1, 0.15) is 11.5 Å². The highest BCUT2D eigenvalue weighted by Crippen LogP contribution is 2.32. The average molecular weight is 491 g/mol. The van der Waals surface area contributed by atoms with Crippen LogP contribution in [0.2, 0.25) is 0 Å². The van der Waals surface area contributed by atoms with Gasteiger partial charge in [-0.05, 0) is 57.7 Å². The minimum atomic E-state index is -0.312. The molecule has 2 aliphatic rings. The van der Waals surface area contributed by atoms with Gasteiger partial charge in [0.05, 0.1) is 19.6 Å². The molecule has 9 nitrogen and oxygen atoms in total. The van der Waals surface area contributed by atoms with Crippen LogP contribution in [-0.4, -0.2) is 75.0 Å². The zero-order valence-electron chi connectivity index (χ0n) is 21.8. The van der Waals surface area contributed by atoms with E-state index < -0.39 is 0 Å². The highest BCUT2D eigenvalue weighted by Gasteiger charge is 2.38. The van der Waals surface area contributed by atoms with Gasteiger partial charge in [0.15, 0.2) is 0 Å². The summed E-state index contributed by atoms with van der Waals surface area (Å²) in [5.41, 5.74) is 0.669. The number of nitrogens with zero attached hydrogens (tertiary/aromatic N) is 1. The molecule has 1 aromatic carbocycles. The number of benzene rings is 1. The van der Waals surface area contributed by atoms with E-state index in [0.29, 0.717) is 45.0 Å². The summed E-state index contributed by atoms with van der Waals surface area (Å²) in [6.07, 6.45) is 3.46. The molecule has 3 rings (SSSR count). The van der Waals surface area contributed by atoms with Crippen molar-refractivity contribution in [3.63, 3.8) is 0 Å². The summed E-state index contributed by atoms with van der Waals surface area (Å²) in [5, 5.41) is 9.28. The van der Waals surface area contributed by atoms with Crippen LogP contribution in [-0.2, 0) is 16.1 Å². The van der Waals surface area contributed by atoms with Crippen molar-refractivity contribution in [2.45, 2.75) is 70.6 Å². The maximum absolute atomic E-state index is 13.6. The number of piperidine rings is 1. The van der Waals surface area contributed by atoms with Crippen molar-refractivity contribution in [3.05, 3.63) is 23.8 Å². The Labute approximate surface area is 209 Å². The van der Waals surface area contributed by atoms with Gasteiger partial charge in [-0.15, -0.1) is 0 Å². The van der Waals surface area contributed by atoms with Crippen LogP contribution in [0.3, 0.4) is 0 Å². The Morgan fingerprint density at radius 3 is 2.49 bits per heavy atom. The number of amides is 3. The van der Waals surface area contributed by atoms with Crippen LogP contribution in [0.1, 0.15) is 52.0 Å². The molecule has 2 atom stereocenters. The van der Waals surface area contributed by atoms with Crippen LogP contribution in [0.25, 0.3) is 0 Å². The molecule has 1 saturated carbocycles. The molecule has 1 heterocycles. The van der Waals surface area contributed by atoms with Crippen molar-refractivity contribution in [1.82, 2.24) is 20.9 Å². The van der Waals surface area contributed by atoms with Gasteiger partial charge >= 0.3 is 6.03 Å². The number of carbonyl (C=O) groups excluding carboxylic acids is 2. The third kappa shape index (κ3) is 8.89. The number of hydrogen-bond donors (Lipinski definition) is 3. The standard InChI is InChI=1S/C26H42N4O5/c1-26(2,3)29-25(32)28-20-13-19(15-27-16-20)24(31)30(21-7-8-21)17-18-11-22(34-5)14-23(12-18)35-10-6-9-33-4/h11-12,14,19-21,27H,6-10,13,15-17H2,1-5H3,(H2,28,29,32)/t19-,20+/m0/s1. The minimum absolute atomic E-state index is 0.0926. The van der Waals surface area contributed by atoms with E-state index in [-0.39, 0.29) is 35.5 Å². The van der Waals surface area contributed by atoms with Crippen molar-refractivity contribution in [1.29, 1.82) is 0 Å². The summed E-state index contributed by atoms with van der Waals surface area (Å²) >= 11 is 0. The Hall–Kier alpha value is -2.52. The molecule has 3 amide bonds. The fraction of sp³-hybridized carbons (Fsp3) is 0.692. The van der Waals surface area contributed by atoms with Crippen LogP contribution in [0.5, 0.6) is 11.5 Å². The maximum Gasteiger partial charge on any atom is 0.315 e. The first-order chi connectivity index (χ1) is 16.7. The summed E-state index contributed by atoms with van der Waals surface area (Å²) in [7, 11) is 3.31. The molecule has 196 valence electrons. The number of ether oxygens (including phenoxy) is 3. The van der Waals surface area contributed by atoms with Gasteiger partial charge in [-0.1, -0.05) is 0 Å². The molecular weight excluding hydrogens is 448 g/mol. The average Bonchev–Trinajstić information content (AvgIpc) is 3.64. The predicted octanol–water partition coefficient (Wildman–Crippen LogP) is 2.68. The molecule has 9 heteroatoms. The zero-order valence-corrected chi connectivity index (χ0v) is 21.8. The van der Waals surface area contributed by atoms with Crippen molar-refractivity contribution in [2.75, 3.05) is 40.5 Å². The SMILES string of the molecule is COCCCOc1cc(CN(C(=O)[C@@H]2CNC[C@H](NC(=O)NC(C)(C)C)C2)C2CC2)cc(OC)c1. The van der Waals surface area contributed by atoms with Crippen molar-refractivity contribution >= 4 is 11.9 Å². The number of urea groups is 1. The van der Waals surface area contributed by atoms with Gasteiger partial charge in [0.2, 0.25) is 5.91 Å². The zero-order chi connectivity index (χ0) is 25.4. The first-order valence-corrected chi connectivity index (χ1v) is 12.6. The normalized spacial score (nSPS) is 20.1. The molecular formula is C26H42N4O5. The summed E-state index contributed by atoms with van der Waals surface area (Å²) in [6, 6.07) is 5.78. The number of carbonyl (C=O) groups is 2. The third-order valence-electron chi connectivity index (χ3n) is 6.08. The van der Waals surface area contributed by atoms with Gasteiger partial charge < -0.3 is 35.1 Å². The van der Waals surface area contributed by atoms with Crippen LogP contribution in [0.4, 0.5) is 4.79 Å². The smallest absolute Gasteiger partial charge is 0.315 e. The second kappa shape index (κ2) is 12.4. The number of methoxy groups -OCH3 is 2. The van der Waals surface area contributed by atoms with Crippen LogP contribution >= 0.6 is 0 Å². The van der Waals surface area contributed by atoms with Gasteiger partial charge in [-0.25, -0.2) is 4.79 Å². The van der Waals surface area contributed by atoms with E-state index in [4.69, 9.17) is 14.2 Å². The highest BCUT2D eigenvalue weighted by molar-refractivity contribution is 5.80. The topological polar surface area (TPSA) is 101 Å². The Bertz CT molecular complexity index is 853. The van der Waals surface area contributed by atoms with Crippen LogP contribution in [0, 0.1) is 5.92 Å². The predicted molar refractivity (Wildman–Crippen MR) is 135 cm³/mol. The van der Waals surface area contributed by atoms with Gasteiger partial charge in [-0.2, -0.15) is 0 Å². The monoisotopic (exact) mass is 490 g/mol. The van der Waals surface area contributed by atoms with E-state index in [1.807, 2.05) is 43.9 Å². The second-order valence-electron chi connectivity index (χ2n) is 10.5. The van der Waals surface area contributed by atoms with E-state index in [1.54, 1.807) is 14.2 Å². The van der Waals surface area contributed by atoms with E-state index in [9.17, 15) is 9.59 Å². The van der Waals surface area contributed by atoms with Crippen LogP contribution in [0.15, 0.2) is 18.2 Å². The Kier molecular flexibility index (Phi) is 9.63. The fourth-order valence-corrected chi connectivity index (χ4v) is 4.32. The molecule has 3 N–H and O–H groups in total. The third-order valence-corrected chi connectivity index (χ3v) is 6.08. The Morgan fingerprint density at radius 1 is 1.09 bits per heavy atom. The summed E-state index contributed by atoms with van der Waals surface area (Å²) in [5.74, 6) is 1.39. The molecule has 1 aliphatic heterocycles. The van der Waals surface area contributed by atoms with E-state index in [1.165, 1.54) is 0 Å². The van der Waals surface area contributed by atoms with E-state index in [2.05, 4.69) is 16.0 Å². The highest BCUT2D eigenvalue weighted by atomic mass is 16.5. The lowest BCUT2D eigenvalue weighted by Gasteiger charge is -2.34. The molecule has 0 aromatic heterocycles. The minimum Gasteiger partial charge on any atom is -0.497 e. The van der Waals surface area contributed by atoms with Crippen LogP contribution < -0.4 is 25.4 Å². The molecule has 0 unspecified atom stereocenters. The molecule has 2 fully saturated rings. The maximum atomic E-state index is 13.6. The quantitative estimate of drug-likeness (QED) is 0.413. The molecule has 35 heavy (non-hydrogen) atoms. The van der Waals surface area contributed by atoms with Crippen molar-refractivity contribution in [3.8, 4) is 11.5 Å². The molecule has 1 aromatic rings. The van der Waals surface area contributed by atoms with Crippen molar-refractivity contribution in [2.24, 2.45) is 5.92 Å². The number of rotatable bonds is 11. The number of nitrogens with one attached hydrogen (secondary N) is 3. The first kappa shape index (κ1) is 27.1. The molecule has 1 saturated heterocycles. The van der Waals surface area contributed by atoms with Crippen molar-refractivity contribution < 1.29 is 23.8 Å². The first-order valence-electron chi connectivity index (χ1n) is 12.6. The van der Waals surface area contributed by atoms with Gasteiger partial charge in [-0.3, -0.25) is 4.79 Å². The molecule has 0 radical (unpaired) electrons. The summed E-state index contributed by atoms with van der Waals surface area (Å²) < 4.78 is 16.5. The second-order valence-corrected chi connectivity index (χ2v) is 10.5. The molecule has 0 spiro atoms. The molecule has 1 aliphatic carbocycles. The largest absolute Gasteiger partial charge is 0.497 e. The fourth-order valence-electron chi connectivity index (χ4n) is 4.32. The summed E-state index contributed by atoms with van der Waals surface area (Å²) in [4.78, 5) is 27.9. The molecule has 0 bridgehead atoms. The summed E-state index contributed by atoms with van der Waals surface area (Å²) in [6.45, 7) is 8.81. The van der Waals surface area contributed by atoms with E-state index >= 15 is 0 Å². The van der Waals surface area contributed by atoms with Gasteiger partial charge in [0.25, 0.3) is 0 Å². The Morgan fingerprint density at radius 2 is 1.83 bits per heavy atom. The Balaban J connectivity index is 1.64. The lowest BCUT2D eigenvalue weighted by atomic mass is 9.94. The van der Waals surface area contributed by atoms with Gasteiger partial charge in [0, 0.05) is 63.5 Å². The lowest BCUT2D eigenvalue weighted by molar-refractivity contribution is -0.137.